The average Bonchev–Trinajstić information content (AvgIpc) is 2.37. The number of hydrogen-bond donors (Lipinski definition) is 1. The SMILES string of the molecule is CCC(CSC)NC(=O)c1c(F)ccc([N+](=O)[O-])c1F. The molecule has 20 heavy (non-hydrogen) atoms. The molecule has 0 fully saturated rings. The number of rotatable bonds is 6. The van der Waals surface area contributed by atoms with Crippen molar-refractivity contribution in [2.45, 2.75) is 19.4 Å². The molecule has 1 unspecified atom stereocenters. The van der Waals surface area contributed by atoms with E-state index in [2.05, 4.69) is 5.32 Å². The van der Waals surface area contributed by atoms with Crippen LogP contribution >= 0.6 is 11.8 Å². The molecule has 0 spiro atoms. The lowest BCUT2D eigenvalue weighted by molar-refractivity contribution is -0.387. The van der Waals surface area contributed by atoms with Gasteiger partial charge in [-0.1, -0.05) is 6.92 Å². The summed E-state index contributed by atoms with van der Waals surface area (Å²) in [6, 6.07) is 1.15. The van der Waals surface area contributed by atoms with E-state index in [0.29, 0.717) is 24.3 Å². The highest BCUT2D eigenvalue weighted by Crippen LogP contribution is 2.23. The second kappa shape index (κ2) is 7.18. The van der Waals surface area contributed by atoms with E-state index < -0.39 is 33.7 Å². The molecule has 0 bridgehead atoms. The van der Waals surface area contributed by atoms with Gasteiger partial charge in [0.1, 0.15) is 11.4 Å². The molecule has 8 heteroatoms. The number of amides is 1. The van der Waals surface area contributed by atoms with Crippen LogP contribution in [-0.4, -0.2) is 28.9 Å². The first-order chi connectivity index (χ1) is 9.42. The molecular weight excluding hydrogens is 290 g/mol. The van der Waals surface area contributed by atoms with Crippen LogP contribution in [0.15, 0.2) is 12.1 Å². The van der Waals surface area contributed by atoms with Crippen molar-refractivity contribution >= 4 is 23.4 Å². The molecule has 1 N–H and O–H groups in total. The van der Waals surface area contributed by atoms with Crippen LogP contribution in [0.25, 0.3) is 0 Å². The van der Waals surface area contributed by atoms with Gasteiger partial charge in [-0.2, -0.15) is 16.2 Å². The third kappa shape index (κ3) is 3.66. The fraction of sp³-hybridized carbons (Fsp3) is 0.417. The number of nitro groups is 1. The highest BCUT2D eigenvalue weighted by atomic mass is 32.2. The molecule has 1 aromatic rings. The molecule has 5 nitrogen and oxygen atoms in total. The quantitative estimate of drug-likeness (QED) is 0.648. The molecule has 110 valence electrons. The first-order valence-electron chi connectivity index (χ1n) is 5.84. The van der Waals surface area contributed by atoms with Crippen LogP contribution < -0.4 is 5.32 Å². The van der Waals surface area contributed by atoms with E-state index in [0.717, 1.165) is 0 Å². The smallest absolute Gasteiger partial charge is 0.305 e. The summed E-state index contributed by atoms with van der Waals surface area (Å²) in [4.78, 5) is 21.5. The predicted octanol–water partition coefficient (Wildman–Crippen LogP) is 2.74. The van der Waals surface area contributed by atoms with E-state index in [-0.39, 0.29) is 6.04 Å². The Hall–Kier alpha value is -1.70. The highest BCUT2D eigenvalue weighted by molar-refractivity contribution is 7.98. The van der Waals surface area contributed by atoms with E-state index in [4.69, 9.17) is 0 Å². The molecule has 0 aliphatic rings. The van der Waals surface area contributed by atoms with Crippen molar-refractivity contribution in [3.63, 3.8) is 0 Å². The Bertz CT molecular complexity index is 526. The second-order valence-electron chi connectivity index (χ2n) is 4.05. The van der Waals surface area contributed by atoms with Crippen molar-refractivity contribution < 1.29 is 18.5 Å². The number of carbonyl (C=O) groups is 1. The third-order valence-electron chi connectivity index (χ3n) is 2.69. The molecule has 1 rings (SSSR count). The van der Waals surface area contributed by atoms with Crippen LogP contribution in [0.5, 0.6) is 0 Å². The topological polar surface area (TPSA) is 72.2 Å². The summed E-state index contributed by atoms with van der Waals surface area (Å²) in [7, 11) is 0. The van der Waals surface area contributed by atoms with Crippen LogP contribution in [0.4, 0.5) is 14.5 Å². The molecule has 0 aromatic heterocycles. The Labute approximate surface area is 118 Å². The Morgan fingerprint density at radius 2 is 2.15 bits per heavy atom. The standard InChI is InChI=1S/C12H14F2N2O3S/c1-3-7(6-20-2)15-12(17)10-8(13)4-5-9(11(10)14)16(18)19/h4-5,7H,3,6H2,1-2H3,(H,15,17). The van der Waals surface area contributed by atoms with E-state index >= 15 is 0 Å². The normalized spacial score (nSPS) is 12.0. The molecular formula is C12H14F2N2O3S. The van der Waals surface area contributed by atoms with Crippen molar-refractivity contribution in [2.75, 3.05) is 12.0 Å². The maximum Gasteiger partial charge on any atom is 0.305 e. The maximum atomic E-state index is 13.8. The van der Waals surface area contributed by atoms with Gasteiger partial charge in [0.05, 0.1) is 4.92 Å². The largest absolute Gasteiger partial charge is 0.348 e. The van der Waals surface area contributed by atoms with Gasteiger partial charge in [-0.15, -0.1) is 0 Å². The van der Waals surface area contributed by atoms with Gasteiger partial charge < -0.3 is 5.32 Å². The van der Waals surface area contributed by atoms with Gasteiger partial charge in [0.25, 0.3) is 5.91 Å². The lowest BCUT2D eigenvalue weighted by Gasteiger charge is -2.16. The molecule has 1 atom stereocenters. The number of hydrogen-bond acceptors (Lipinski definition) is 4. The van der Waals surface area contributed by atoms with E-state index in [1.54, 1.807) is 0 Å². The van der Waals surface area contributed by atoms with E-state index in [1.807, 2.05) is 13.2 Å². The van der Waals surface area contributed by atoms with Crippen molar-refractivity contribution in [3.05, 3.63) is 39.4 Å². The van der Waals surface area contributed by atoms with Crippen LogP contribution in [0.3, 0.4) is 0 Å². The Kier molecular flexibility index (Phi) is 5.87. The molecule has 1 aromatic carbocycles. The lowest BCUT2D eigenvalue weighted by Crippen LogP contribution is -2.37. The minimum atomic E-state index is -1.45. The van der Waals surface area contributed by atoms with Gasteiger partial charge in [0.2, 0.25) is 5.82 Å². The predicted molar refractivity (Wildman–Crippen MR) is 72.9 cm³/mol. The maximum absolute atomic E-state index is 13.8. The zero-order valence-electron chi connectivity index (χ0n) is 11.0. The Balaban J connectivity index is 3.09. The number of nitrogens with zero attached hydrogens (tertiary/aromatic N) is 1. The molecule has 0 heterocycles. The number of carbonyl (C=O) groups excluding carboxylic acids is 1. The van der Waals surface area contributed by atoms with Gasteiger partial charge in [-0.25, -0.2) is 4.39 Å². The Morgan fingerprint density at radius 1 is 1.50 bits per heavy atom. The average molecular weight is 304 g/mol. The van der Waals surface area contributed by atoms with Crippen LogP contribution in [0.2, 0.25) is 0 Å². The van der Waals surface area contributed by atoms with E-state index in [1.165, 1.54) is 11.8 Å². The van der Waals surface area contributed by atoms with Crippen LogP contribution in [-0.2, 0) is 0 Å². The summed E-state index contributed by atoms with van der Waals surface area (Å²) < 4.78 is 27.4. The minimum absolute atomic E-state index is 0.254. The second-order valence-corrected chi connectivity index (χ2v) is 4.96. The first kappa shape index (κ1) is 16.4. The summed E-state index contributed by atoms with van der Waals surface area (Å²) in [6.07, 6.45) is 2.42. The van der Waals surface area contributed by atoms with Gasteiger partial charge in [-0.3, -0.25) is 14.9 Å². The van der Waals surface area contributed by atoms with Crippen LogP contribution in [0.1, 0.15) is 23.7 Å². The van der Waals surface area contributed by atoms with Gasteiger partial charge in [-0.05, 0) is 18.7 Å². The van der Waals surface area contributed by atoms with Crippen molar-refractivity contribution in [2.24, 2.45) is 0 Å². The Morgan fingerprint density at radius 3 is 2.65 bits per heavy atom. The summed E-state index contributed by atoms with van der Waals surface area (Å²) >= 11 is 1.48. The van der Waals surface area contributed by atoms with Gasteiger partial charge >= 0.3 is 5.69 Å². The fourth-order valence-electron chi connectivity index (χ4n) is 1.61. The summed E-state index contributed by atoms with van der Waals surface area (Å²) in [6.45, 7) is 1.82. The van der Waals surface area contributed by atoms with Crippen LogP contribution in [0, 0.1) is 21.7 Å². The number of nitro benzene ring substituents is 1. The fourth-order valence-corrected chi connectivity index (χ4v) is 2.33. The zero-order chi connectivity index (χ0) is 15.3. The minimum Gasteiger partial charge on any atom is -0.348 e. The molecule has 0 aliphatic carbocycles. The molecule has 0 aliphatic heterocycles. The summed E-state index contributed by atoms with van der Waals surface area (Å²) in [5.74, 6) is -2.97. The zero-order valence-corrected chi connectivity index (χ0v) is 11.8. The first-order valence-corrected chi connectivity index (χ1v) is 7.23. The molecule has 1 amide bonds. The van der Waals surface area contributed by atoms with Gasteiger partial charge in [0.15, 0.2) is 0 Å². The number of thioether (sulfide) groups is 1. The number of benzene rings is 1. The van der Waals surface area contributed by atoms with Crippen molar-refractivity contribution in [1.82, 2.24) is 5.32 Å². The van der Waals surface area contributed by atoms with Crippen molar-refractivity contribution in [1.29, 1.82) is 0 Å². The number of nitrogens with one attached hydrogen (secondary N) is 1. The number of halogens is 2. The van der Waals surface area contributed by atoms with E-state index in [9.17, 15) is 23.7 Å². The van der Waals surface area contributed by atoms with Crippen molar-refractivity contribution in [3.8, 4) is 0 Å². The highest BCUT2D eigenvalue weighted by Gasteiger charge is 2.27. The summed E-state index contributed by atoms with van der Waals surface area (Å²) in [5, 5.41) is 13.1. The lowest BCUT2D eigenvalue weighted by atomic mass is 10.1. The molecule has 0 saturated carbocycles. The summed E-state index contributed by atoms with van der Waals surface area (Å²) in [5.41, 5.74) is -1.84. The molecule has 0 radical (unpaired) electrons. The third-order valence-corrected chi connectivity index (χ3v) is 3.43. The van der Waals surface area contributed by atoms with Gasteiger partial charge in [0, 0.05) is 17.9 Å². The monoisotopic (exact) mass is 304 g/mol. The molecule has 0 saturated heterocycles.